The van der Waals surface area contributed by atoms with Gasteiger partial charge in [-0.25, -0.2) is 5.01 Å². The molecule has 1 aliphatic rings. The van der Waals surface area contributed by atoms with Crippen molar-refractivity contribution in [2.24, 2.45) is 0 Å². The van der Waals surface area contributed by atoms with Gasteiger partial charge in [-0.05, 0) is 24.3 Å². The van der Waals surface area contributed by atoms with Crippen LogP contribution in [0.4, 0.5) is 5.69 Å². The number of nitro groups is 1. The molecular weight excluding hydrogens is 627 g/mol. The lowest BCUT2D eigenvalue weighted by molar-refractivity contribution is -0.385. The van der Waals surface area contributed by atoms with Gasteiger partial charge in [0, 0.05) is 16.7 Å². The maximum absolute atomic E-state index is 13.7. The summed E-state index contributed by atoms with van der Waals surface area (Å²) in [5.74, 6) is -4.40. The predicted molar refractivity (Wildman–Crippen MR) is 142 cm³/mol. The highest BCUT2D eigenvalue weighted by atomic mass is 35.5. The molecule has 38 heavy (non-hydrogen) atoms. The van der Waals surface area contributed by atoms with E-state index >= 15 is 0 Å². The van der Waals surface area contributed by atoms with Gasteiger partial charge in [0.2, 0.25) is 0 Å². The molecule has 1 aliphatic heterocycles. The van der Waals surface area contributed by atoms with Crippen molar-refractivity contribution in [3.05, 3.63) is 105 Å². The maximum atomic E-state index is 13.7. The molecule has 15 heteroatoms. The first kappa shape index (κ1) is 28.1. The molecule has 4 rings (SSSR count). The Labute approximate surface area is 243 Å². The van der Waals surface area contributed by atoms with Gasteiger partial charge in [-0.2, -0.15) is 5.01 Å². The fourth-order valence-electron chi connectivity index (χ4n) is 3.68. The van der Waals surface area contributed by atoms with E-state index in [1.54, 1.807) is 0 Å². The number of nitrogens with zero attached hydrogens (tertiary/aromatic N) is 3. The minimum Gasteiger partial charge on any atom is -0.292 e. The van der Waals surface area contributed by atoms with Gasteiger partial charge in [-0.1, -0.05) is 81.7 Å². The van der Waals surface area contributed by atoms with E-state index in [2.05, 4.69) is 0 Å². The molecule has 1 heterocycles. The molecule has 0 saturated heterocycles. The molecule has 0 N–H and O–H groups in total. The van der Waals surface area contributed by atoms with Gasteiger partial charge in [-0.3, -0.25) is 29.3 Å². The number of benzene rings is 3. The topological polar surface area (TPSA) is 118 Å². The Balaban J connectivity index is 1.88. The largest absolute Gasteiger partial charge is 0.292 e. The van der Waals surface area contributed by atoms with Gasteiger partial charge >= 0.3 is 0 Å². The molecule has 0 aliphatic carbocycles. The smallest absolute Gasteiger partial charge is 0.282 e. The van der Waals surface area contributed by atoms with Crippen molar-refractivity contribution in [2.75, 3.05) is 6.54 Å². The normalized spacial score (nSPS) is 12.5. The first-order valence-electron chi connectivity index (χ1n) is 10.1. The fourth-order valence-corrected chi connectivity index (χ4v) is 5.21. The number of halogens is 6. The fraction of sp³-hybridized carbons (Fsp3) is 0.0435. The van der Waals surface area contributed by atoms with E-state index < -0.39 is 67.4 Å². The number of para-hydroxylation sites is 1. The maximum Gasteiger partial charge on any atom is 0.282 e. The zero-order valence-electron chi connectivity index (χ0n) is 18.3. The first-order valence-corrected chi connectivity index (χ1v) is 12.4. The van der Waals surface area contributed by atoms with E-state index in [1.807, 2.05) is 0 Å². The number of imide groups is 1. The number of hydrazine groups is 1. The minimum atomic E-state index is -1.23. The van der Waals surface area contributed by atoms with Gasteiger partial charge in [-0.15, -0.1) is 0 Å². The van der Waals surface area contributed by atoms with Crippen LogP contribution in [0.3, 0.4) is 0 Å². The Hall–Kier alpha value is -2.92. The van der Waals surface area contributed by atoms with Gasteiger partial charge in [0.05, 0.1) is 41.2 Å². The van der Waals surface area contributed by atoms with Crippen LogP contribution in [0, 0.1) is 10.1 Å². The molecule has 194 valence electrons. The second kappa shape index (κ2) is 10.7. The molecule has 3 aromatic rings. The van der Waals surface area contributed by atoms with E-state index in [0.717, 1.165) is 12.1 Å². The summed E-state index contributed by atoms with van der Waals surface area (Å²) in [7, 11) is 0. The lowest BCUT2D eigenvalue weighted by Gasteiger charge is -2.29. The van der Waals surface area contributed by atoms with Crippen LogP contribution in [0.25, 0.3) is 0 Å². The average molecular weight is 636 g/mol. The van der Waals surface area contributed by atoms with Crippen LogP contribution < -0.4 is 0 Å². The molecule has 0 aromatic heterocycles. The lowest BCUT2D eigenvalue weighted by Crippen LogP contribution is -2.52. The van der Waals surface area contributed by atoms with Crippen LogP contribution >= 0.6 is 69.6 Å². The minimum absolute atomic E-state index is 0.0763. The van der Waals surface area contributed by atoms with Gasteiger partial charge in [0.1, 0.15) is 12.1 Å². The van der Waals surface area contributed by atoms with Crippen LogP contribution in [-0.2, 0) is 0 Å². The lowest BCUT2D eigenvalue weighted by atomic mass is 10.1. The van der Waals surface area contributed by atoms with Crippen LogP contribution in [0.5, 0.6) is 0 Å². The van der Waals surface area contributed by atoms with Crippen molar-refractivity contribution in [2.45, 2.75) is 0 Å². The van der Waals surface area contributed by atoms with Gasteiger partial charge in [0.15, 0.2) is 5.78 Å². The molecule has 9 nitrogen and oxygen atoms in total. The van der Waals surface area contributed by atoms with Gasteiger partial charge < -0.3 is 0 Å². The van der Waals surface area contributed by atoms with Crippen molar-refractivity contribution >= 4 is 98.8 Å². The average Bonchev–Trinajstić information content (AvgIpc) is 3.13. The Bertz CT molecular complexity index is 1550. The van der Waals surface area contributed by atoms with Crippen molar-refractivity contribution < 1.29 is 24.1 Å². The number of fused-ring (bicyclic) bond motifs is 1. The van der Waals surface area contributed by atoms with Crippen molar-refractivity contribution in [1.29, 1.82) is 0 Å². The third-order valence-corrected chi connectivity index (χ3v) is 7.76. The highest BCUT2D eigenvalue weighted by molar-refractivity contribution is 6.55. The Kier molecular flexibility index (Phi) is 7.90. The van der Waals surface area contributed by atoms with Gasteiger partial charge in [0.25, 0.3) is 23.4 Å². The molecule has 3 aromatic carbocycles. The second-order valence-electron chi connectivity index (χ2n) is 7.61. The molecule has 0 atom stereocenters. The zero-order chi connectivity index (χ0) is 28.0. The Morgan fingerprint density at radius 2 is 1.37 bits per heavy atom. The quantitative estimate of drug-likeness (QED) is 0.0715. The van der Waals surface area contributed by atoms with E-state index in [4.69, 9.17) is 69.6 Å². The van der Waals surface area contributed by atoms with Crippen molar-refractivity contribution in [3.8, 4) is 0 Å². The van der Waals surface area contributed by atoms with Crippen molar-refractivity contribution in [3.63, 3.8) is 0 Å². The number of Topliss-reactive ketones (excluding diaryl/α,β-unsaturated/α-hetero) is 1. The monoisotopic (exact) mass is 633 g/mol. The van der Waals surface area contributed by atoms with E-state index in [-0.39, 0.29) is 25.7 Å². The number of hydrogen-bond donors (Lipinski definition) is 0. The van der Waals surface area contributed by atoms with E-state index in [1.165, 1.54) is 30.3 Å². The summed E-state index contributed by atoms with van der Waals surface area (Å²) in [6.45, 7) is -0.950. The third kappa shape index (κ3) is 4.70. The standard InChI is InChI=1S/C23H9Cl6N3O6/c24-9-5-6-10(12(25)7-9)14(33)8-30(21(34)11-3-1-2-4-13(11)32(37)38)31-22(35)15-16(23(31)36)18(27)20(29)19(28)17(15)26/h1-7H,8H2. The predicted octanol–water partition coefficient (Wildman–Crippen LogP) is 7.05. The highest BCUT2D eigenvalue weighted by Gasteiger charge is 2.47. The van der Waals surface area contributed by atoms with E-state index in [0.29, 0.717) is 10.0 Å². The Morgan fingerprint density at radius 3 is 1.89 bits per heavy atom. The summed E-state index contributed by atoms with van der Waals surface area (Å²) in [5, 5.41) is 11.0. The summed E-state index contributed by atoms with van der Waals surface area (Å²) < 4.78 is 0. The summed E-state index contributed by atoms with van der Waals surface area (Å²) in [6, 6.07) is 8.68. The number of carbonyl (C=O) groups excluding carboxylic acids is 4. The first-order chi connectivity index (χ1) is 17.9. The number of rotatable bonds is 6. The highest BCUT2D eigenvalue weighted by Crippen LogP contribution is 2.45. The molecule has 3 amide bonds. The number of carbonyl (C=O) groups is 4. The summed E-state index contributed by atoms with van der Waals surface area (Å²) in [4.78, 5) is 64.5. The molecule has 0 saturated carbocycles. The number of nitro benzene ring substituents is 1. The number of ketones is 1. The molecule has 0 radical (unpaired) electrons. The summed E-state index contributed by atoms with van der Waals surface area (Å²) in [6.07, 6.45) is 0. The second-order valence-corrected chi connectivity index (χ2v) is 9.97. The molecule has 0 spiro atoms. The third-order valence-electron chi connectivity index (χ3n) is 5.41. The van der Waals surface area contributed by atoms with Crippen LogP contribution in [0.2, 0.25) is 30.1 Å². The molecule has 0 bridgehead atoms. The summed E-state index contributed by atoms with van der Waals surface area (Å²) >= 11 is 36.5. The number of hydrogen-bond acceptors (Lipinski definition) is 6. The molecular formula is C23H9Cl6N3O6. The number of amides is 3. The van der Waals surface area contributed by atoms with Crippen LogP contribution in [0.1, 0.15) is 41.4 Å². The van der Waals surface area contributed by atoms with E-state index in [9.17, 15) is 29.3 Å². The summed E-state index contributed by atoms with van der Waals surface area (Å²) in [5.41, 5.74) is -2.19. The Morgan fingerprint density at radius 1 is 0.816 bits per heavy atom. The molecule has 0 fully saturated rings. The zero-order valence-corrected chi connectivity index (χ0v) is 22.8. The SMILES string of the molecule is O=C(CN(C(=O)c1ccccc1[N+](=O)[O-])N1C(=O)c2c(Cl)c(Cl)c(Cl)c(Cl)c2C1=O)c1ccc(Cl)cc1Cl. The van der Waals surface area contributed by atoms with Crippen LogP contribution in [-0.4, -0.2) is 45.0 Å². The van der Waals surface area contributed by atoms with Crippen LogP contribution in [0.15, 0.2) is 42.5 Å². The van der Waals surface area contributed by atoms with Crippen molar-refractivity contribution in [1.82, 2.24) is 10.0 Å². The molecule has 0 unspecified atom stereocenters.